The lowest BCUT2D eigenvalue weighted by Gasteiger charge is -2.09. The summed E-state index contributed by atoms with van der Waals surface area (Å²) in [4.78, 5) is 11.9. The third kappa shape index (κ3) is 4.71. The topological polar surface area (TPSA) is 111 Å². The molecular formula is C12H19N3O4S. The summed E-state index contributed by atoms with van der Waals surface area (Å²) in [5.74, 6) is -0.117. The molecule has 0 fully saturated rings. The van der Waals surface area contributed by atoms with Crippen LogP contribution in [0.1, 0.15) is 17.3 Å². The van der Waals surface area contributed by atoms with Crippen molar-refractivity contribution in [2.24, 2.45) is 0 Å². The molecule has 0 aliphatic carbocycles. The Labute approximate surface area is 118 Å². The molecule has 0 aliphatic heterocycles. The minimum absolute atomic E-state index is 0.00478. The molecule has 0 atom stereocenters. The first-order valence-electron chi connectivity index (χ1n) is 6.08. The van der Waals surface area contributed by atoms with Gasteiger partial charge in [0, 0.05) is 18.8 Å². The van der Waals surface area contributed by atoms with Crippen molar-refractivity contribution in [2.75, 3.05) is 31.7 Å². The third-order valence-electron chi connectivity index (χ3n) is 2.53. The van der Waals surface area contributed by atoms with Crippen LogP contribution in [0.3, 0.4) is 0 Å². The second-order valence-corrected chi connectivity index (χ2v) is 5.95. The van der Waals surface area contributed by atoms with Gasteiger partial charge in [0.15, 0.2) is 0 Å². The Kier molecular flexibility index (Phi) is 5.78. The summed E-state index contributed by atoms with van der Waals surface area (Å²) in [5.41, 5.74) is 6.26. The maximum absolute atomic E-state index is 11.9. The van der Waals surface area contributed by atoms with Crippen LogP contribution in [0.2, 0.25) is 0 Å². The van der Waals surface area contributed by atoms with Crippen molar-refractivity contribution in [3.05, 3.63) is 23.8 Å². The summed E-state index contributed by atoms with van der Waals surface area (Å²) in [6.45, 7) is 2.01. The predicted molar refractivity (Wildman–Crippen MR) is 77.2 cm³/mol. The highest BCUT2D eigenvalue weighted by atomic mass is 32.2. The fourth-order valence-corrected chi connectivity index (χ4v) is 2.50. The van der Waals surface area contributed by atoms with Crippen LogP contribution in [0.15, 0.2) is 18.2 Å². The summed E-state index contributed by atoms with van der Waals surface area (Å²) in [6.07, 6.45) is 0. The predicted octanol–water partition coefficient (Wildman–Crippen LogP) is -0.0535. The SMILES string of the molecule is CCNS(=O)(=O)CCNC(=O)c1cc(OC)ccc1N. The van der Waals surface area contributed by atoms with Crippen LogP contribution in [-0.2, 0) is 10.0 Å². The molecule has 1 aromatic rings. The number of benzene rings is 1. The molecule has 0 aliphatic rings. The van der Waals surface area contributed by atoms with Crippen molar-refractivity contribution in [2.45, 2.75) is 6.92 Å². The van der Waals surface area contributed by atoms with Gasteiger partial charge in [-0.05, 0) is 18.2 Å². The number of ether oxygens (including phenoxy) is 1. The first kappa shape index (κ1) is 16.3. The molecule has 20 heavy (non-hydrogen) atoms. The Morgan fingerprint density at radius 2 is 2.10 bits per heavy atom. The minimum atomic E-state index is -3.35. The lowest BCUT2D eigenvalue weighted by Crippen LogP contribution is -2.34. The van der Waals surface area contributed by atoms with Crippen molar-refractivity contribution in [1.82, 2.24) is 10.0 Å². The number of anilines is 1. The molecule has 0 bridgehead atoms. The summed E-state index contributed by atoms with van der Waals surface area (Å²) < 4.78 is 30.2. The standard InChI is InChI=1S/C12H19N3O4S/c1-3-15-20(17,18)7-6-14-12(16)10-8-9(19-2)4-5-11(10)13/h4-5,8,15H,3,6-7,13H2,1-2H3,(H,14,16). The van der Waals surface area contributed by atoms with E-state index in [1.54, 1.807) is 19.1 Å². The molecule has 7 nitrogen and oxygen atoms in total. The first-order chi connectivity index (χ1) is 9.39. The van der Waals surface area contributed by atoms with E-state index in [2.05, 4.69) is 10.0 Å². The number of amides is 1. The maximum Gasteiger partial charge on any atom is 0.253 e. The number of hydrogen-bond acceptors (Lipinski definition) is 5. The first-order valence-corrected chi connectivity index (χ1v) is 7.74. The van der Waals surface area contributed by atoms with Crippen molar-refractivity contribution >= 4 is 21.6 Å². The van der Waals surface area contributed by atoms with E-state index in [1.165, 1.54) is 13.2 Å². The van der Waals surface area contributed by atoms with Gasteiger partial charge in [0.1, 0.15) is 5.75 Å². The van der Waals surface area contributed by atoms with E-state index in [9.17, 15) is 13.2 Å². The van der Waals surface area contributed by atoms with E-state index in [-0.39, 0.29) is 17.9 Å². The van der Waals surface area contributed by atoms with Crippen LogP contribution in [-0.4, -0.2) is 40.3 Å². The van der Waals surface area contributed by atoms with E-state index in [1.807, 2.05) is 0 Å². The second-order valence-electron chi connectivity index (χ2n) is 4.03. The van der Waals surface area contributed by atoms with E-state index in [4.69, 9.17) is 10.5 Å². The van der Waals surface area contributed by atoms with Gasteiger partial charge in [0.25, 0.3) is 5.91 Å². The highest BCUT2D eigenvalue weighted by molar-refractivity contribution is 7.89. The molecule has 0 aromatic heterocycles. The Morgan fingerprint density at radius 3 is 2.70 bits per heavy atom. The van der Waals surface area contributed by atoms with Crippen LogP contribution in [0.5, 0.6) is 5.75 Å². The molecule has 0 saturated heterocycles. The van der Waals surface area contributed by atoms with Crippen molar-refractivity contribution in [3.63, 3.8) is 0 Å². The molecule has 0 saturated carbocycles. The number of nitrogen functional groups attached to an aromatic ring is 1. The largest absolute Gasteiger partial charge is 0.497 e. The zero-order chi connectivity index (χ0) is 15.2. The van der Waals surface area contributed by atoms with Crippen LogP contribution < -0.4 is 20.5 Å². The Hall–Kier alpha value is -1.80. The van der Waals surface area contributed by atoms with Crippen molar-refractivity contribution < 1.29 is 17.9 Å². The number of nitrogens with two attached hydrogens (primary N) is 1. The fraction of sp³-hybridized carbons (Fsp3) is 0.417. The second kappa shape index (κ2) is 7.11. The van der Waals surface area contributed by atoms with Crippen molar-refractivity contribution in [3.8, 4) is 5.75 Å². The van der Waals surface area contributed by atoms with E-state index in [0.29, 0.717) is 18.0 Å². The molecule has 1 amide bonds. The molecule has 112 valence electrons. The van der Waals surface area contributed by atoms with Gasteiger partial charge in [-0.3, -0.25) is 4.79 Å². The fourth-order valence-electron chi connectivity index (χ4n) is 1.55. The van der Waals surface area contributed by atoms with Crippen LogP contribution in [0.25, 0.3) is 0 Å². The Morgan fingerprint density at radius 1 is 1.40 bits per heavy atom. The monoisotopic (exact) mass is 301 g/mol. The summed E-state index contributed by atoms with van der Waals surface area (Å²) in [6, 6.07) is 4.70. The van der Waals surface area contributed by atoms with Crippen LogP contribution in [0, 0.1) is 0 Å². The lowest BCUT2D eigenvalue weighted by atomic mass is 10.1. The molecule has 1 aromatic carbocycles. The maximum atomic E-state index is 11.9. The number of carbonyl (C=O) groups excluding carboxylic acids is 1. The summed E-state index contributed by atoms with van der Waals surface area (Å²) in [7, 11) is -1.87. The number of carbonyl (C=O) groups is 1. The Bertz CT molecular complexity index is 572. The normalized spacial score (nSPS) is 11.1. The van der Waals surface area contributed by atoms with Gasteiger partial charge >= 0.3 is 0 Å². The molecule has 4 N–H and O–H groups in total. The molecule has 0 unspecified atom stereocenters. The number of sulfonamides is 1. The lowest BCUT2D eigenvalue weighted by molar-refractivity contribution is 0.0956. The highest BCUT2D eigenvalue weighted by Gasteiger charge is 2.13. The third-order valence-corrected chi connectivity index (χ3v) is 4.00. The number of nitrogens with one attached hydrogen (secondary N) is 2. The minimum Gasteiger partial charge on any atom is -0.497 e. The molecule has 0 radical (unpaired) electrons. The van der Waals surface area contributed by atoms with Crippen LogP contribution >= 0.6 is 0 Å². The quantitative estimate of drug-likeness (QED) is 0.611. The molecule has 1 rings (SSSR count). The summed E-state index contributed by atoms with van der Waals surface area (Å²) in [5, 5.41) is 2.51. The van der Waals surface area contributed by atoms with E-state index >= 15 is 0 Å². The van der Waals surface area contributed by atoms with Crippen LogP contribution in [0.4, 0.5) is 5.69 Å². The van der Waals surface area contributed by atoms with Gasteiger partial charge in [-0.15, -0.1) is 0 Å². The number of rotatable bonds is 7. The summed E-state index contributed by atoms with van der Waals surface area (Å²) >= 11 is 0. The van der Waals surface area contributed by atoms with Gasteiger partial charge in [0.2, 0.25) is 10.0 Å². The van der Waals surface area contributed by atoms with Gasteiger partial charge < -0.3 is 15.8 Å². The molecule has 8 heteroatoms. The average molecular weight is 301 g/mol. The molecule has 0 heterocycles. The van der Waals surface area contributed by atoms with Gasteiger partial charge in [0.05, 0.1) is 18.4 Å². The Balaban J connectivity index is 2.64. The average Bonchev–Trinajstić information content (AvgIpc) is 2.38. The highest BCUT2D eigenvalue weighted by Crippen LogP contribution is 2.19. The van der Waals surface area contributed by atoms with E-state index < -0.39 is 15.9 Å². The van der Waals surface area contributed by atoms with E-state index in [0.717, 1.165) is 0 Å². The number of hydrogen-bond donors (Lipinski definition) is 3. The van der Waals surface area contributed by atoms with Crippen molar-refractivity contribution in [1.29, 1.82) is 0 Å². The number of methoxy groups -OCH3 is 1. The van der Waals surface area contributed by atoms with Gasteiger partial charge in [-0.25, -0.2) is 13.1 Å². The zero-order valence-electron chi connectivity index (χ0n) is 11.5. The van der Waals surface area contributed by atoms with Gasteiger partial charge in [-0.2, -0.15) is 0 Å². The molecule has 0 spiro atoms. The molecular weight excluding hydrogens is 282 g/mol. The van der Waals surface area contributed by atoms with Gasteiger partial charge in [-0.1, -0.05) is 6.92 Å². The zero-order valence-corrected chi connectivity index (χ0v) is 12.3. The smallest absolute Gasteiger partial charge is 0.253 e.